The number of likely N-dealkylation sites (tertiary alicyclic amines) is 1. The highest BCUT2D eigenvalue weighted by atomic mass is 35.5. The van der Waals surface area contributed by atoms with Gasteiger partial charge in [-0.2, -0.15) is 0 Å². The summed E-state index contributed by atoms with van der Waals surface area (Å²) in [5.41, 5.74) is 1.62. The fourth-order valence-electron chi connectivity index (χ4n) is 5.14. The lowest BCUT2D eigenvalue weighted by Crippen LogP contribution is -2.58. The number of pyridine rings is 1. The molecule has 0 unspecified atom stereocenters. The first-order chi connectivity index (χ1) is 16.4. The Morgan fingerprint density at radius 1 is 1.09 bits per heavy atom. The van der Waals surface area contributed by atoms with Crippen LogP contribution in [0.2, 0.25) is 15.1 Å². The summed E-state index contributed by atoms with van der Waals surface area (Å²) in [5, 5.41) is 4.56. The number of carbonyl (C=O) groups excluding carboxylic acids is 1. The molecule has 2 aliphatic rings. The van der Waals surface area contributed by atoms with Gasteiger partial charge in [0.1, 0.15) is 5.82 Å². The van der Waals surface area contributed by atoms with E-state index in [0.29, 0.717) is 27.7 Å². The van der Waals surface area contributed by atoms with Crippen molar-refractivity contribution in [2.24, 2.45) is 0 Å². The first kappa shape index (κ1) is 25.5. The number of nitrogens with zero attached hydrogens (tertiary/aromatic N) is 4. The van der Waals surface area contributed by atoms with Gasteiger partial charge in [0.05, 0.1) is 10.6 Å². The van der Waals surface area contributed by atoms with Gasteiger partial charge in [0.2, 0.25) is 0 Å². The Hall–Kier alpha value is -1.57. The van der Waals surface area contributed by atoms with Crippen molar-refractivity contribution in [1.82, 2.24) is 20.1 Å². The number of amides is 1. The molecule has 184 valence electrons. The average molecular weight is 525 g/mol. The zero-order valence-electron chi connectivity index (χ0n) is 19.7. The van der Waals surface area contributed by atoms with Crippen LogP contribution in [-0.2, 0) is 6.54 Å². The van der Waals surface area contributed by atoms with E-state index in [1.165, 1.54) is 0 Å². The van der Waals surface area contributed by atoms with Gasteiger partial charge >= 0.3 is 0 Å². The Morgan fingerprint density at radius 2 is 1.85 bits per heavy atom. The predicted molar refractivity (Wildman–Crippen MR) is 140 cm³/mol. The minimum atomic E-state index is -0.179. The number of benzene rings is 1. The van der Waals surface area contributed by atoms with Gasteiger partial charge in [0.25, 0.3) is 5.91 Å². The molecule has 2 saturated heterocycles. The van der Waals surface area contributed by atoms with Crippen molar-refractivity contribution in [3.63, 3.8) is 0 Å². The lowest BCUT2D eigenvalue weighted by atomic mass is 9.98. The fraction of sp³-hybridized carbons (Fsp3) is 0.520. The van der Waals surface area contributed by atoms with Crippen LogP contribution in [0.25, 0.3) is 0 Å². The summed E-state index contributed by atoms with van der Waals surface area (Å²) in [5.74, 6) is 0.587. The van der Waals surface area contributed by atoms with Crippen LogP contribution < -0.4 is 10.2 Å². The fourth-order valence-corrected chi connectivity index (χ4v) is 5.89. The van der Waals surface area contributed by atoms with E-state index in [0.717, 1.165) is 74.9 Å². The number of rotatable bonds is 6. The second-order valence-electron chi connectivity index (χ2n) is 9.10. The predicted octanol–water partition coefficient (Wildman–Crippen LogP) is 4.97. The third kappa shape index (κ3) is 5.80. The minimum Gasteiger partial charge on any atom is -0.355 e. The van der Waals surface area contributed by atoms with Gasteiger partial charge in [-0.15, -0.1) is 0 Å². The molecule has 1 aromatic carbocycles. The Morgan fingerprint density at radius 3 is 2.50 bits per heavy atom. The lowest BCUT2D eigenvalue weighted by molar-refractivity contribution is 0.0610. The van der Waals surface area contributed by atoms with E-state index < -0.39 is 0 Å². The van der Waals surface area contributed by atoms with E-state index in [-0.39, 0.29) is 5.91 Å². The first-order valence-electron chi connectivity index (χ1n) is 11.9. The van der Waals surface area contributed by atoms with Crippen LogP contribution in [0.15, 0.2) is 30.5 Å². The number of carbonyl (C=O) groups is 1. The van der Waals surface area contributed by atoms with Crippen LogP contribution in [0, 0.1) is 0 Å². The lowest BCUT2D eigenvalue weighted by Gasteiger charge is -2.47. The number of aromatic nitrogens is 1. The summed E-state index contributed by atoms with van der Waals surface area (Å²) in [4.78, 5) is 23.8. The Labute approximate surface area is 217 Å². The van der Waals surface area contributed by atoms with E-state index in [4.69, 9.17) is 34.8 Å². The zero-order valence-corrected chi connectivity index (χ0v) is 22.0. The molecule has 1 amide bonds. The molecule has 0 radical (unpaired) electrons. The van der Waals surface area contributed by atoms with Crippen LogP contribution in [-0.4, -0.2) is 72.5 Å². The summed E-state index contributed by atoms with van der Waals surface area (Å²) in [6.45, 7) is 8.00. The summed E-state index contributed by atoms with van der Waals surface area (Å²) in [6, 6.07) is 8.51. The summed E-state index contributed by atoms with van der Waals surface area (Å²) < 4.78 is 0. The molecule has 0 aliphatic carbocycles. The van der Waals surface area contributed by atoms with Crippen LogP contribution in [0.3, 0.4) is 0 Å². The van der Waals surface area contributed by atoms with Crippen LogP contribution >= 0.6 is 34.8 Å². The third-order valence-electron chi connectivity index (χ3n) is 7.05. The third-order valence-corrected chi connectivity index (χ3v) is 7.91. The van der Waals surface area contributed by atoms with Gasteiger partial charge in [0.15, 0.2) is 0 Å². The number of piperidine rings is 1. The molecule has 0 saturated carbocycles. The van der Waals surface area contributed by atoms with Gasteiger partial charge in [0, 0.05) is 61.6 Å². The van der Waals surface area contributed by atoms with Crippen LogP contribution in [0.1, 0.15) is 42.1 Å². The molecule has 2 aliphatic heterocycles. The Bertz CT molecular complexity index is 1010. The van der Waals surface area contributed by atoms with Crippen molar-refractivity contribution in [3.8, 4) is 0 Å². The number of piperazine rings is 1. The van der Waals surface area contributed by atoms with Gasteiger partial charge < -0.3 is 10.2 Å². The highest BCUT2D eigenvalue weighted by Crippen LogP contribution is 2.30. The van der Waals surface area contributed by atoms with E-state index in [9.17, 15) is 4.79 Å². The highest BCUT2D eigenvalue weighted by Gasteiger charge is 2.34. The van der Waals surface area contributed by atoms with E-state index in [2.05, 4.69) is 31.9 Å². The van der Waals surface area contributed by atoms with Gasteiger partial charge in [-0.3, -0.25) is 14.6 Å². The number of hydrogen-bond donors (Lipinski definition) is 1. The van der Waals surface area contributed by atoms with Crippen molar-refractivity contribution in [2.45, 2.75) is 44.8 Å². The average Bonchev–Trinajstić information content (AvgIpc) is 2.85. The van der Waals surface area contributed by atoms with E-state index in [1.807, 2.05) is 18.2 Å². The van der Waals surface area contributed by atoms with Crippen LogP contribution in [0.5, 0.6) is 0 Å². The topological polar surface area (TPSA) is 51.7 Å². The van der Waals surface area contributed by atoms with Crippen LogP contribution in [0.4, 0.5) is 5.82 Å². The summed E-state index contributed by atoms with van der Waals surface area (Å²) >= 11 is 18.9. The number of halogens is 3. The molecule has 9 heteroatoms. The molecule has 6 nitrogen and oxygen atoms in total. The minimum absolute atomic E-state index is 0.179. The van der Waals surface area contributed by atoms with Crippen molar-refractivity contribution < 1.29 is 4.79 Å². The zero-order chi connectivity index (χ0) is 24.2. The summed E-state index contributed by atoms with van der Waals surface area (Å²) in [7, 11) is 1.60. The molecule has 1 atom stereocenters. The molecule has 2 fully saturated rings. The molecule has 1 N–H and O–H groups in total. The smallest absolute Gasteiger partial charge is 0.252 e. The molecule has 3 heterocycles. The van der Waals surface area contributed by atoms with E-state index in [1.54, 1.807) is 19.3 Å². The van der Waals surface area contributed by atoms with Crippen molar-refractivity contribution in [2.75, 3.05) is 44.7 Å². The summed E-state index contributed by atoms with van der Waals surface area (Å²) in [6.07, 6.45) is 4.99. The first-order valence-corrected chi connectivity index (χ1v) is 13.1. The number of anilines is 1. The van der Waals surface area contributed by atoms with Crippen molar-refractivity contribution in [3.05, 3.63) is 56.7 Å². The largest absolute Gasteiger partial charge is 0.355 e. The maximum Gasteiger partial charge on any atom is 0.252 e. The maximum atomic E-state index is 11.9. The Balaban J connectivity index is 1.34. The molecular formula is C25H32Cl3N5O. The van der Waals surface area contributed by atoms with Gasteiger partial charge in [-0.1, -0.05) is 47.8 Å². The van der Waals surface area contributed by atoms with Crippen molar-refractivity contribution >= 4 is 46.5 Å². The van der Waals surface area contributed by atoms with E-state index >= 15 is 0 Å². The SMILES string of the molecule is CC[C@H]1CN(c2ncc(C(=O)NC)cc2Cl)CCN1C1CCN(Cc2ccc(Cl)cc2Cl)CC1. The molecule has 4 rings (SSSR count). The van der Waals surface area contributed by atoms with Gasteiger partial charge in [-0.25, -0.2) is 4.98 Å². The Kier molecular flexibility index (Phi) is 8.59. The molecule has 0 spiro atoms. The normalized spacial score (nSPS) is 20.5. The molecular weight excluding hydrogens is 493 g/mol. The molecule has 1 aromatic heterocycles. The molecule has 0 bridgehead atoms. The van der Waals surface area contributed by atoms with Crippen molar-refractivity contribution in [1.29, 1.82) is 0 Å². The molecule has 34 heavy (non-hydrogen) atoms. The highest BCUT2D eigenvalue weighted by molar-refractivity contribution is 6.35. The number of hydrogen-bond acceptors (Lipinski definition) is 5. The second-order valence-corrected chi connectivity index (χ2v) is 10.3. The number of nitrogens with one attached hydrogen (secondary N) is 1. The quantitative estimate of drug-likeness (QED) is 0.578. The standard InChI is InChI=1S/C25H32Cl3N5O/c1-3-20-16-32(24-23(28)12-18(14-30-24)25(34)29-2)10-11-33(20)21-6-8-31(9-7-21)15-17-4-5-19(26)13-22(17)27/h4-5,12-14,20-21H,3,6-11,15-16H2,1-2H3,(H,29,34)/t20-/m0/s1. The maximum absolute atomic E-state index is 11.9. The molecule has 2 aromatic rings. The monoisotopic (exact) mass is 523 g/mol. The van der Waals surface area contributed by atoms with Gasteiger partial charge in [-0.05, 0) is 56.1 Å². The second kappa shape index (κ2) is 11.4.